The van der Waals surface area contributed by atoms with Gasteiger partial charge >= 0.3 is 0 Å². The van der Waals surface area contributed by atoms with Crippen LogP contribution in [-0.4, -0.2) is 31.8 Å². The maximum atomic E-state index is 13.4. The third-order valence-corrected chi connectivity index (χ3v) is 7.90. The van der Waals surface area contributed by atoms with Gasteiger partial charge in [-0.15, -0.1) is 21.5 Å². The molecule has 6 rings (SSSR count). The Hall–Kier alpha value is -3.87. The molecule has 0 aliphatic carbocycles. The van der Waals surface area contributed by atoms with E-state index in [2.05, 4.69) is 37.6 Å². The van der Waals surface area contributed by atoms with Gasteiger partial charge in [0.15, 0.2) is 11.7 Å². The number of thioether (sulfide) groups is 1. The van der Waals surface area contributed by atoms with Gasteiger partial charge in [-0.2, -0.15) is 0 Å². The molecule has 0 aliphatic heterocycles. The van der Waals surface area contributed by atoms with Crippen LogP contribution in [0.3, 0.4) is 0 Å². The highest BCUT2D eigenvalue weighted by molar-refractivity contribution is 7.99. The molecule has 184 valence electrons. The van der Waals surface area contributed by atoms with Crippen molar-refractivity contribution in [3.63, 3.8) is 0 Å². The largest absolute Gasteiger partial charge is 0.483 e. The van der Waals surface area contributed by atoms with E-state index in [1.54, 1.807) is 29.7 Å². The Morgan fingerprint density at radius 1 is 1.11 bits per heavy atom. The van der Waals surface area contributed by atoms with Crippen molar-refractivity contribution in [1.82, 2.24) is 20.2 Å². The number of carbonyl (C=O) groups is 1. The van der Waals surface area contributed by atoms with Crippen molar-refractivity contribution in [2.24, 2.45) is 0 Å². The number of fused-ring (bicyclic) bond motifs is 2. The number of benzene rings is 2. The van der Waals surface area contributed by atoms with Gasteiger partial charge in [0, 0.05) is 16.5 Å². The Kier molecular flexibility index (Phi) is 6.51. The lowest BCUT2D eigenvalue weighted by atomic mass is 10.1. The van der Waals surface area contributed by atoms with Gasteiger partial charge in [-0.3, -0.25) is 9.78 Å². The van der Waals surface area contributed by atoms with Crippen LogP contribution in [-0.2, 0) is 11.4 Å². The first-order chi connectivity index (χ1) is 18.1. The molecule has 6 aromatic rings. The Bertz CT molecular complexity index is 1720. The number of thiophene rings is 1. The fourth-order valence-electron chi connectivity index (χ4n) is 3.57. The predicted molar refractivity (Wildman–Crippen MR) is 143 cm³/mol. The topological polar surface area (TPSA) is 103 Å². The van der Waals surface area contributed by atoms with Crippen LogP contribution in [0.15, 0.2) is 75.8 Å². The van der Waals surface area contributed by atoms with Crippen molar-refractivity contribution >= 4 is 66.6 Å². The van der Waals surface area contributed by atoms with Crippen molar-refractivity contribution in [1.29, 1.82) is 0 Å². The second-order valence-corrected chi connectivity index (χ2v) is 10.6. The summed E-state index contributed by atoms with van der Waals surface area (Å²) in [6.07, 6.45) is 1.69. The van der Waals surface area contributed by atoms with E-state index in [0.717, 1.165) is 33.1 Å². The summed E-state index contributed by atoms with van der Waals surface area (Å²) in [5.74, 6) is 0.362. The molecule has 0 bridgehead atoms. The zero-order chi connectivity index (χ0) is 25.2. The smallest absolute Gasteiger partial charge is 0.277 e. The molecule has 0 fully saturated rings. The van der Waals surface area contributed by atoms with Gasteiger partial charge < -0.3 is 14.5 Å². The van der Waals surface area contributed by atoms with Crippen LogP contribution in [0.2, 0.25) is 0 Å². The number of ether oxygens (including phenoxy) is 1. The third kappa shape index (κ3) is 5.31. The molecule has 0 aliphatic rings. The van der Waals surface area contributed by atoms with E-state index in [4.69, 9.17) is 9.15 Å². The van der Waals surface area contributed by atoms with Crippen LogP contribution in [0.4, 0.5) is 9.52 Å². The molecule has 4 heterocycles. The summed E-state index contributed by atoms with van der Waals surface area (Å²) >= 11 is 3.98. The molecule has 0 spiro atoms. The van der Waals surface area contributed by atoms with Gasteiger partial charge in [-0.05, 0) is 53.4 Å². The number of aromatic nitrogens is 4. The van der Waals surface area contributed by atoms with Crippen molar-refractivity contribution in [3.05, 3.63) is 77.9 Å². The summed E-state index contributed by atoms with van der Waals surface area (Å²) in [5.41, 5.74) is 2.54. The van der Waals surface area contributed by atoms with Crippen LogP contribution >= 0.6 is 34.4 Å². The predicted octanol–water partition coefficient (Wildman–Crippen LogP) is 6.40. The summed E-state index contributed by atoms with van der Waals surface area (Å²) in [7, 11) is 0. The zero-order valence-corrected chi connectivity index (χ0v) is 21.3. The highest BCUT2D eigenvalue weighted by Gasteiger charge is 2.14. The second-order valence-electron chi connectivity index (χ2n) is 7.74. The molecule has 4 aromatic heterocycles. The summed E-state index contributed by atoms with van der Waals surface area (Å²) < 4.78 is 25.6. The van der Waals surface area contributed by atoms with Crippen LogP contribution in [0.1, 0.15) is 5.89 Å². The van der Waals surface area contributed by atoms with E-state index >= 15 is 0 Å². The molecule has 37 heavy (non-hydrogen) atoms. The Morgan fingerprint density at radius 3 is 2.92 bits per heavy atom. The number of nitrogens with one attached hydrogen (secondary N) is 1. The van der Waals surface area contributed by atoms with Gasteiger partial charge in [-0.25, -0.2) is 9.37 Å². The summed E-state index contributed by atoms with van der Waals surface area (Å²) in [6.45, 7) is 0.0738. The third-order valence-electron chi connectivity index (χ3n) is 5.23. The highest BCUT2D eigenvalue weighted by atomic mass is 32.2. The van der Waals surface area contributed by atoms with Crippen LogP contribution in [0.25, 0.3) is 31.6 Å². The number of thiazole rings is 1. The van der Waals surface area contributed by atoms with E-state index in [0.29, 0.717) is 21.1 Å². The minimum absolute atomic E-state index is 0.0489. The number of hydrogen-bond acceptors (Lipinski definition) is 10. The number of carbonyl (C=O) groups excluding carboxylic acids is 1. The molecular formula is C25H16FN5O3S3. The quantitative estimate of drug-likeness (QED) is 0.217. The number of pyridine rings is 1. The van der Waals surface area contributed by atoms with Crippen molar-refractivity contribution in [2.75, 3.05) is 11.1 Å². The van der Waals surface area contributed by atoms with Crippen LogP contribution in [0.5, 0.6) is 5.75 Å². The number of amides is 1. The second kappa shape index (κ2) is 10.2. The highest BCUT2D eigenvalue weighted by Crippen LogP contribution is 2.32. The molecule has 0 unspecified atom stereocenters. The molecule has 0 saturated carbocycles. The lowest BCUT2D eigenvalue weighted by Crippen LogP contribution is -2.13. The number of halogens is 1. The maximum Gasteiger partial charge on any atom is 0.277 e. The maximum absolute atomic E-state index is 13.4. The molecule has 12 heteroatoms. The number of hydrogen-bond donors (Lipinski definition) is 1. The van der Waals surface area contributed by atoms with Gasteiger partial charge in [0.1, 0.15) is 11.6 Å². The van der Waals surface area contributed by atoms with Gasteiger partial charge in [-0.1, -0.05) is 35.2 Å². The minimum atomic E-state index is -0.346. The van der Waals surface area contributed by atoms with E-state index in [1.165, 1.54) is 23.5 Å². The van der Waals surface area contributed by atoms with Crippen LogP contribution in [0, 0.1) is 5.82 Å². The standard InChI is InChI=1S/C25H16FN5O3S3/c26-15-4-6-18-21(11-15)37-24(28-18)29-22(32)13-36-25-31-30-23(34-25)12-33-19-7-8-27-17-5-3-14(10-16(17)19)20-2-1-9-35-20/h1-11H,12-13H2,(H,28,29,32). The number of nitrogens with zero attached hydrogens (tertiary/aromatic N) is 4. The van der Waals surface area contributed by atoms with Gasteiger partial charge in [0.2, 0.25) is 5.91 Å². The van der Waals surface area contributed by atoms with Crippen molar-refractivity contribution < 1.29 is 18.3 Å². The van der Waals surface area contributed by atoms with Crippen molar-refractivity contribution in [2.45, 2.75) is 11.8 Å². The molecule has 2 aromatic carbocycles. The monoisotopic (exact) mass is 549 g/mol. The molecule has 1 N–H and O–H groups in total. The Balaban J connectivity index is 1.07. The molecule has 1 amide bonds. The van der Waals surface area contributed by atoms with Gasteiger partial charge in [0.05, 0.1) is 21.5 Å². The average Bonchev–Trinajstić information content (AvgIpc) is 3.67. The molecular weight excluding hydrogens is 534 g/mol. The summed E-state index contributed by atoms with van der Waals surface area (Å²) in [6, 6.07) is 16.2. The lowest BCUT2D eigenvalue weighted by Gasteiger charge is -2.08. The first kappa shape index (κ1) is 23.5. The zero-order valence-electron chi connectivity index (χ0n) is 18.9. The molecule has 0 saturated heterocycles. The first-order valence-electron chi connectivity index (χ1n) is 11.0. The van der Waals surface area contributed by atoms with E-state index in [9.17, 15) is 9.18 Å². The fraction of sp³-hybridized carbons (Fsp3) is 0.0800. The SMILES string of the molecule is O=C(CSc1nnc(COc2ccnc3ccc(-c4cccs4)cc23)o1)Nc1nc2ccc(F)cc2s1. The molecule has 8 nitrogen and oxygen atoms in total. The lowest BCUT2D eigenvalue weighted by molar-refractivity contribution is -0.113. The van der Waals surface area contributed by atoms with Crippen molar-refractivity contribution in [3.8, 4) is 16.2 Å². The minimum Gasteiger partial charge on any atom is -0.483 e. The summed E-state index contributed by atoms with van der Waals surface area (Å²) in [4.78, 5) is 22.2. The van der Waals surface area contributed by atoms with Crippen LogP contribution < -0.4 is 10.1 Å². The van der Waals surface area contributed by atoms with E-state index in [-0.39, 0.29) is 35.2 Å². The number of anilines is 1. The molecule has 0 atom stereocenters. The van der Waals surface area contributed by atoms with E-state index in [1.807, 2.05) is 23.6 Å². The average molecular weight is 550 g/mol. The Morgan fingerprint density at radius 2 is 2.03 bits per heavy atom. The normalized spacial score (nSPS) is 11.3. The Labute approximate surface area is 221 Å². The molecule has 0 radical (unpaired) electrons. The van der Waals surface area contributed by atoms with E-state index < -0.39 is 0 Å². The summed E-state index contributed by atoms with van der Waals surface area (Å²) in [5, 5.41) is 14.3. The number of rotatable bonds is 8. The first-order valence-corrected chi connectivity index (χ1v) is 13.7. The van der Waals surface area contributed by atoms with Gasteiger partial charge in [0.25, 0.3) is 11.1 Å². The fourth-order valence-corrected chi connectivity index (χ4v) is 5.78.